The molecule has 176 valence electrons. The van der Waals surface area contributed by atoms with Crippen molar-refractivity contribution in [2.45, 2.75) is 38.3 Å². The van der Waals surface area contributed by atoms with Crippen LogP contribution in [-0.2, 0) is 6.54 Å². The molecule has 2 aromatic carbocycles. The number of amides is 1. The Morgan fingerprint density at radius 1 is 1.03 bits per heavy atom. The van der Waals surface area contributed by atoms with Crippen molar-refractivity contribution in [3.8, 4) is 22.8 Å². The van der Waals surface area contributed by atoms with Gasteiger partial charge in [-0.25, -0.2) is 9.97 Å². The Bertz CT molecular complexity index is 1470. The lowest BCUT2D eigenvalue weighted by Gasteiger charge is -2.17. The Balaban J connectivity index is 1.25. The number of nitrogens with one attached hydrogen (secondary N) is 1. The summed E-state index contributed by atoms with van der Waals surface area (Å²) in [6, 6.07) is 16.4. The molecule has 8 nitrogen and oxygen atoms in total. The highest BCUT2D eigenvalue weighted by Gasteiger charge is 2.23. The zero-order valence-corrected chi connectivity index (χ0v) is 19.1. The van der Waals surface area contributed by atoms with E-state index in [1.807, 2.05) is 34.9 Å². The molecule has 1 saturated carbocycles. The van der Waals surface area contributed by atoms with Crippen molar-refractivity contribution in [3.05, 3.63) is 82.3 Å². The van der Waals surface area contributed by atoms with E-state index in [-0.39, 0.29) is 24.3 Å². The molecule has 35 heavy (non-hydrogen) atoms. The van der Waals surface area contributed by atoms with Crippen LogP contribution in [-0.4, -0.2) is 27.2 Å². The number of carbonyl (C=O) groups excluding carboxylic acids is 1. The third-order valence-corrected chi connectivity index (χ3v) is 6.65. The molecule has 4 aromatic rings. The van der Waals surface area contributed by atoms with Gasteiger partial charge in [-0.3, -0.25) is 14.2 Å². The molecule has 1 N–H and O–H groups in total. The molecule has 3 heterocycles. The van der Waals surface area contributed by atoms with Gasteiger partial charge in [-0.05, 0) is 54.8 Å². The van der Waals surface area contributed by atoms with Crippen molar-refractivity contribution in [2.75, 3.05) is 6.79 Å². The van der Waals surface area contributed by atoms with Gasteiger partial charge in [-0.2, -0.15) is 0 Å². The summed E-state index contributed by atoms with van der Waals surface area (Å²) in [7, 11) is 0. The first-order valence-corrected chi connectivity index (χ1v) is 11.8. The van der Waals surface area contributed by atoms with E-state index in [9.17, 15) is 9.59 Å². The number of carbonyl (C=O) groups is 1. The summed E-state index contributed by atoms with van der Waals surface area (Å²) in [6.45, 7) is 0.578. The van der Waals surface area contributed by atoms with Crippen LogP contribution in [0.2, 0.25) is 0 Å². The fraction of sp³-hybridized carbons (Fsp3) is 0.259. The van der Waals surface area contributed by atoms with Crippen molar-refractivity contribution in [1.82, 2.24) is 19.9 Å². The van der Waals surface area contributed by atoms with Gasteiger partial charge in [0, 0.05) is 29.9 Å². The molecule has 0 bridgehead atoms. The standard InChI is InChI=1S/C27H24N4O4/c32-26(29-15-17-7-12-22-23(14-17)35-16-34-22)19-10-8-18(9-11-19)24-27(33)31(20-4-1-2-5-20)25-21(30-24)6-3-13-28-25/h3,6-14,20H,1-2,4-5,15-16H2,(H,29,32). The molecular weight excluding hydrogens is 444 g/mol. The third-order valence-electron chi connectivity index (χ3n) is 6.65. The first kappa shape index (κ1) is 21.3. The zero-order chi connectivity index (χ0) is 23.8. The number of aromatic nitrogens is 3. The molecule has 0 unspecified atom stereocenters. The highest BCUT2D eigenvalue weighted by Crippen LogP contribution is 2.33. The van der Waals surface area contributed by atoms with Crippen LogP contribution in [0, 0.1) is 0 Å². The molecule has 1 aliphatic carbocycles. The third kappa shape index (κ3) is 4.01. The quantitative estimate of drug-likeness (QED) is 0.471. The maximum atomic E-state index is 13.5. The monoisotopic (exact) mass is 468 g/mol. The molecule has 2 aromatic heterocycles. The van der Waals surface area contributed by atoms with E-state index < -0.39 is 0 Å². The number of fused-ring (bicyclic) bond motifs is 2. The number of benzene rings is 2. The molecule has 8 heteroatoms. The number of rotatable bonds is 5. The predicted molar refractivity (Wildman–Crippen MR) is 130 cm³/mol. The molecular formula is C27H24N4O4. The number of ether oxygens (including phenoxy) is 2. The predicted octanol–water partition coefficient (Wildman–Crippen LogP) is 4.23. The summed E-state index contributed by atoms with van der Waals surface area (Å²) in [5.41, 5.74) is 3.67. The first-order chi connectivity index (χ1) is 17.2. The summed E-state index contributed by atoms with van der Waals surface area (Å²) in [5.74, 6) is 1.19. The van der Waals surface area contributed by atoms with E-state index in [0.717, 1.165) is 31.2 Å². The molecule has 0 radical (unpaired) electrons. The smallest absolute Gasteiger partial charge is 0.278 e. The molecule has 6 rings (SSSR count). The Hall–Kier alpha value is -4.20. The van der Waals surface area contributed by atoms with Crippen LogP contribution >= 0.6 is 0 Å². The molecule has 2 aliphatic rings. The van der Waals surface area contributed by atoms with Crippen molar-refractivity contribution in [1.29, 1.82) is 0 Å². The van der Waals surface area contributed by atoms with E-state index in [1.165, 1.54) is 0 Å². The van der Waals surface area contributed by atoms with Crippen LogP contribution in [0.4, 0.5) is 0 Å². The van der Waals surface area contributed by atoms with Gasteiger partial charge < -0.3 is 14.8 Å². The largest absolute Gasteiger partial charge is 0.454 e. The van der Waals surface area contributed by atoms with Crippen molar-refractivity contribution < 1.29 is 14.3 Å². The maximum absolute atomic E-state index is 13.5. The van der Waals surface area contributed by atoms with E-state index in [0.29, 0.717) is 46.0 Å². The number of nitrogens with zero attached hydrogens (tertiary/aromatic N) is 3. The maximum Gasteiger partial charge on any atom is 0.278 e. The average Bonchev–Trinajstić information content (AvgIpc) is 3.59. The molecule has 1 aliphatic heterocycles. The summed E-state index contributed by atoms with van der Waals surface area (Å²) >= 11 is 0. The van der Waals surface area contributed by atoms with E-state index in [1.54, 1.807) is 30.5 Å². The van der Waals surface area contributed by atoms with Crippen LogP contribution in [0.3, 0.4) is 0 Å². The van der Waals surface area contributed by atoms with Crippen LogP contribution in [0.1, 0.15) is 47.6 Å². The van der Waals surface area contributed by atoms with Crippen LogP contribution in [0.25, 0.3) is 22.4 Å². The van der Waals surface area contributed by atoms with Gasteiger partial charge >= 0.3 is 0 Å². The van der Waals surface area contributed by atoms with Gasteiger partial charge in [0.05, 0.1) is 0 Å². The summed E-state index contributed by atoms with van der Waals surface area (Å²) in [4.78, 5) is 35.3. The lowest BCUT2D eigenvalue weighted by molar-refractivity contribution is 0.0951. The van der Waals surface area contributed by atoms with E-state index in [2.05, 4.69) is 15.3 Å². The van der Waals surface area contributed by atoms with Crippen molar-refractivity contribution in [2.24, 2.45) is 0 Å². The zero-order valence-electron chi connectivity index (χ0n) is 19.1. The van der Waals surface area contributed by atoms with E-state index in [4.69, 9.17) is 9.47 Å². The molecule has 0 atom stereocenters. The molecule has 1 amide bonds. The minimum Gasteiger partial charge on any atom is -0.454 e. The summed E-state index contributed by atoms with van der Waals surface area (Å²) in [5, 5.41) is 2.92. The van der Waals surface area contributed by atoms with E-state index >= 15 is 0 Å². The fourth-order valence-electron chi connectivity index (χ4n) is 4.84. The van der Waals surface area contributed by atoms with Crippen molar-refractivity contribution >= 4 is 17.1 Å². The van der Waals surface area contributed by atoms with Gasteiger partial charge in [-0.1, -0.05) is 31.0 Å². The lowest BCUT2D eigenvalue weighted by atomic mass is 10.1. The lowest BCUT2D eigenvalue weighted by Crippen LogP contribution is -2.27. The number of hydrogen-bond donors (Lipinski definition) is 1. The summed E-state index contributed by atoms with van der Waals surface area (Å²) in [6.07, 6.45) is 5.86. The normalized spacial score (nSPS) is 15.0. The van der Waals surface area contributed by atoms with Crippen LogP contribution < -0.4 is 20.3 Å². The number of hydrogen-bond acceptors (Lipinski definition) is 6. The first-order valence-electron chi connectivity index (χ1n) is 11.8. The fourth-order valence-corrected chi connectivity index (χ4v) is 4.84. The molecule has 0 saturated heterocycles. The Kier molecular flexibility index (Phi) is 5.41. The summed E-state index contributed by atoms with van der Waals surface area (Å²) < 4.78 is 12.5. The molecule has 1 fully saturated rings. The number of pyridine rings is 1. The van der Waals surface area contributed by atoms with Crippen molar-refractivity contribution in [3.63, 3.8) is 0 Å². The second-order valence-corrected chi connectivity index (χ2v) is 8.87. The second kappa shape index (κ2) is 8.87. The minimum absolute atomic E-state index is 0.136. The highest BCUT2D eigenvalue weighted by molar-refractivity contribution is 5.94. The average molecular weight is 469 g/mol. The highest BCUT2D eigenvalue weighted by atomic mass is 16.7. The van der Waals surface area contributed by atoms with Gasteiger partial charge in [0.2, 0.25) is 6.79 Å². The van der Waals surface area contributed by atoms with Gasteiger partial charge in [0.15, 0.2) is 17.1 Å². The van der Waals surface area contributed by atoms with Gasteiger partial charge in [0.25, 0.3) is 11.5 Å². The topological polar surface area (TPSA) is 95.3 Å². The van der Waals surface area contributed by atoms with Crippen LogP contribution in [0.5, 0.6) is 11.5 Å². The minimum atomic E-state index is -0.201. The van der Waals surface area contributed by atoms with Gasteiger partial charge in [0.1, 0.15) is 11.2 Å². The second-order valence-electron chi connectivity index (χ2n) is 8.87. The van der Waals surface area contributed by atoms with Crippen LogP contribution in [0.15, 0.2) is 65.6 Å². The Morgan fingerprint density at radius 3 is 2.66 bits per heavy atom. The molecule has 0 spiro atoms. The Labute approximate surface area is 201 Å². The SMILES string of the molecule is O=C(NCc1ccc2c(c1)OCO2)c1ccc(-c2nc3cccnc3n(C3CCCC3)c2=O)cc1. The Morgan fingerprint density at radius 2 is 1.83 bits per heavy atom. The van der Waals surface area contributed by atoms with Gasteiger partial charge in [-0.15, -0.1) is 0 Å².